The van der Waals surface area contributed by atoms with Crippen molar-refractivity contribution in [2.75, 3.05) is 0 Å². The van der Waals surface area contributed by atoms with E-state index in [2.05, 4.69) is 0 Å². The Hall–Kier alpha value is -1.81. The molecule has 1 aliphatic rings. The minimum atomic E-state index is -0.547. The lowest BCUT2D eigenvalue weighted by Gasteiger charge is -2.37. The first-order valence-electron chi connectivity index (χ1n) is 7.53. The van der Waals surface area contributed by atoms with E-state index < -0.39 is 17.9 Å². The minimum absolute atomic E-state index is 0.386. The highest BCUT2D eigenvalue weighted by Crippen LogP contribution is 2.35. The Morgan fingerprint density at radius 1 is 1.05 bits per heavy atom. The first-order chi connectivity index (χ1) is 10.1. The number of ether oxygens (including phenoxy) is 2. The number of rotatable bonds is 1. The molecule has 0 fully saturated rings. The van der Waals surface area contributed by atoms with Crippen LogP contribution in [0.4, 0.5) is 4.79 Å². The minimum Gasteiger partial charge on any atom is -0.443 e. The molecule has 1 aromatic rings. The fraction of sp³-hybridized carbons (Fsp3) is 0.500. The maximum atomic E-state index is 12.5. The maximum Gasteiger partial charge on any atom is 0.416 e. The number of fused-ring (bicyclic) bond motifs is 1. The highest BCUT2D eigenvalue weighted by Gasteiger charge is 2.34. The monoisotopic (exact) mass is 303 g/mol. The SMILES string of the molecule is CC(C)(C)OC(=O)N1C=Cc2ccccc2[C@@H]1OC(C)(C)C. The zero-order valence-corrected chi connectivity index (χ0v) is 14.2. The van der Waals surface area contributed by atoms with Crippen LogP contribution in [0.1, 0.15) is 58.9 Å². The number of hydrogen-bond acceptors (Lipinski definition) is 3. The van der Waals surface area contributed by atoms with Crippen LogP contribution in [0.15, 0.2) is 30.5 Å². The first kappa shape index (κ1) is 16.6. The summed E-state index contributed by atoms with van der Waals surface area (Å²) in [5, 5.41) is 0. The molecule has 0 unspecified atom stereocenters. The highest BCUT2D eigenvalue weighted by molar-refractivity contribution is 5.73. The molecule has 0 bridgehead atoms. The standard InChI is InChI=1S/C18H25NO3/c1-17(2,3)21-15-14-10-8-7-9-13(14)11-12-19(15)16(20)22-18(4,5)6/h7-12,15H,1-6H3/t15-/m0/s1. The molecule has 120 valence electrons. The molecule has 1 aliphatic heterocycles. The summed E-state index contributed by atoms with van der Waals surface area (Å²) in [6, 6.07) is 7.91. The normalized spacial score (nSPS) is 18.1. The van der Waals surface area contributed by atoms with Crippen LogP contribution in [0, 0.1) is 0 Å². The van der Waals surface area contributed by atoms with Crippen molar-refractivity contribution in [2.24, 2.45) is 0 Å². The first-order valence-corrected chi connectivity index (χ1v) is 7.53. The molecule has 0 aliphatic carbocycles. The maximum absolute atomic E-state index is 12.5. The lowest BCUT2D eigenvalue weighted by molar-refractivity contribution is -0.120. The van der Waals surface area contributed by atoms with Crippen LogP contribution in [0.3, 0.4) is 0 Å². The van der Waals surface area contributed by atoms with E-state index in [9.17, 15) is 4.79 Å². The quantitative estimate of drug-likeness (QED) is 0.753. The van der Waals surface area contributed by atoms with Crippen molar-refractivity contribution < 1.29 is 14.3 Å². The number of nitrogens with zero attached hydrogens (tertiary/aromatic N) is 1. The second-order valence-electron chi connectivity index (χ2n) is 7.41. The zero-order valence-electron chi connectivity index (χ0n) is 14.2. The predicted octanol–water partition coefficient (Wildman–Crippen LogP) is 4.72. The number of hydrogen-bond donors (Lipinski definition) is 0. The van der Waals surface area contributed by atoms with Gasteiger partial charge in [-0.1, -0.05) is 24.3 Å². The van der Waals surface area contributed by atoms with E-state index in [0.717, 1.165) is 11.1 Å². The Morgan fingerprint density at radius 2 is 1.68 bits per heavy atom. The largest absolute Gasteiger partial charge is 0.443 e. The molecule has 1 atom stereocenters. The van der Waals surface area contributed by atoms with Gasteiger partial charge in [-0.25, -0.2) is 4.79 Å². The molecule has 0 radical (unpaired) electrons. The van der Waals surface area contributed by atoms with Gasteiger partial charge in [0.1, 0.15) is 5.60 Å². The van der Waals surface area contributed by atoms with Crippen molar-refractivity contribution in [1.29, 1.82) is 0 Å². The van der Waals surface area contributed by atoms with Gasteiger partial charge in [-0.2, -0.15) is 0 Å². The molecule has 0 saturated carbocycles. The van der Waals surface area contributed by atoms with Crippen molar-refractivity contribution in [1.82, 2.24) is 4.90 Å². The Balaban J connectivity index is 2.35. The molecular weight excluding hydrogens is 278 g/mol. The number of carbonyl (C=O) groups excluding carboxylic acids is 1. The zero-order chi connectivity index (χ0) is 16.5. The van der Waals surface area contributed by atoms with Crippen LogP contribution in [-0.2, 0) is 9.47 Å². The summed E-state index contributed by atoms with van der Waals surface area (Å²) in [5.41, 5.74) is 1.08. The Bertz CT molecular complexity index is 579. The van der Waals surface area contributed by atoms with E-state index in [-0.39, 0.29) is 5.60 Å². The average molecular weight is 303 g/mol. The van der Waals surface area contributed by atoms with Gasteiger partial charge in [0, 0.05) is 11.8 Å². The molecule has 1 heterocycles. The van der Waals surface area contributed by atoms with Crippen molar-refractivity contribution in [3.63, 3.8) is 0 Å². The number of amides is 1. The summed E-state index contributed by atoms with van der Waals surface area (Å²) in [7, 11) is 0. The van der Waals surface area contributed by atoms with Gasteiger partial charge in [-0.05, 0) is 53.2 Å². The van der Waals surface area contributed by atoms with E-state index in [0.29, 0.717) is 0 Å². The number of benzene rings is 1. The molecule has 2 rings (SSSR count). The van der Waals surface area contributed by atoms with Crippen LogP contribution >= 0.6 is 0 Å². The molecule has 0 N–H and O–H groups in total. The topological polar surface area (TPSA) is 38.8 Å². The van der Waals surface area contributed by atoms with Crippen LogP contribution < -0.4 is 0 Å². The Morgan fingerprint density at radius 3 is 2.27 bits per heavy atom. The van der Waals surface area contributed by atoms with E-state index in [4.69, 9.17) is 9.47 Å². The lowest BCUT2D eigenvalue weighted by atomic mass is 10.0. The van der Waals surface area contributed by atoms with Crippen LogP contribution in [0.25, 0.3) is 6.08 Å². The van der Waals surface area contributed by atoms with Crippen LogP contribution in [0.2, 0.25) is 0 Å². The van der Waals surface area contributed by atoms with Gasteiger partial charge in [0.25, 0.3) is 0 Å². The molecule has 4 nitrogen and oxygen atoms in total. The van der Waals surface area contributed by atoms with E-state index in [1.165, 1.54) is 4.90 Å². The molecule has 22 heavy (non-hydrogen) atoms. The smallest absolute Gasteiger partial charge is 0.416 e. The molecule has 1 aromatic carbocycles. The fourth-order valence-electron chi connectivity index (χ4n) is 2.20. The van der Waals surface area contributed by atoms with Gasteiger partial charge in [-0.15, -0.1) is 0 Å². The van der Waals surface area contributed by atoms with Crippen molar-refractivity contribution in [3.05, 3.63) is 41.6 Å². The van der Waals surface area contributed by atoms with Crippen molar-refractivity contribution >= 4 is 12.2 Å². The van der Waals surface area contributed by atoms with Crippen molar-refractivity contribution in [2.45, 2.75) is 59.0 Å². The molecule has 4 heteroatoms. The molecule has 0 saturated heterocycles. The van der Waals surface area contributed by atoms with Gasteiger partial charge in [0.2, 0.25) is 0 Å². The summed E-state index contributed by atoms with van der Waals surface area (Å²) in [6.07, 6.45) is 2.73. The summed E-state index contributed by atoms with van der Waals surface area (Å²) in [5.74, 6) is 0. The Labute approximate surface area is 132 Å². The molecule has 0 spiro atoms. The summed E-state index contributed by atoms with van der Waals surface area (Å²) in [4.78, 5) is 14.0. The third kappa shape index (κ3) is 4.10. The third-order valence-corrected chi connectivity index (χ3v) is 3.00. The van der Waals surface area contributed by atoms with Gasteiger partial charge in [-0.3, -0.25) is 4.90 Å². The van der Waals surface area contributed by atoms with Crippen LogP contribution in [0.5, 0.6) is 0 Å². The fourth-order valence-corrected chi connectivity index (χ4v) is 2.20. The summed E-state index contributed by atoms with van der Waals surface area (Å²) in [6.45, 7) is 11.5. The van der Waals surface area contributed by atoms with E-state index in [1.807, 2.05) is 71.9 Å². The van der Waals surface area contributed by atoms with Crippen LogP contribution in [-0.4, -0.2) is 22.2 Å². The highest BCUT2D eigenvalue weighted by atomic mass is 16.6. The second-order valence-corrected chi connectivity index (χ2v) is 7.41. The average Bonchev–Trinajstić information content (AvgIpc) is 2.35. The molecule has 0 aromatic heterocycles. The second kappa shape index (κ2) is 5.76. The van der Waals surface area contributed by atoms with E-state index in [1.54, 1.807) is 6.20 Å². The third-order valence-electron chi connectivity index (χ3n) is 3.00. The molecular formula is C18H25NO3. The van der Waals surface area contributed by atoms with Gasteiger partial charge in [0.05, 0.1) is 5.60 Å². The van der Waals surface area contributed by atoms with Gasteiger partial charge in [0.15, 0.2) is 6.23 Å². The summed E-state index contributed by atoms with van der Waals surface area (Å²) >= 11 is 0. The Kier molecular flexibility index (Phi) is 4.34. The van der Waals surface area contributed by atoms with Crippen molar-refractivity contribution in [3.8, 4) is 0 Å². The van der Waals surface area contributed by atoms with E-state index >= 15 is 0 Å². The lowest BCUT2D eigenvalue weighted by Crippen LogP contribution is -2.40. The number of carbonyl (C=O) groups is 1. The predicted molar refractivity (Wildman–Crippen MR) is 87.1 cm³/mol. The molecule has 1 amide bonds. The van der Waals surface area contributed by atoms with Gasteiger partial charge >= 0.3 is 6.09 Å². The van der Waals surface area contributed by atoms with Gasteiger partial charge < -0.3 is 9.47 Å². The summed E-state index contributed by atoms with van der Waals surface area (Å²) < 4.78 is 11.6.